The smallest absolute Gasteiger partial charge is 0.227 e. The summed E-state index contributed by atoms with van der Waals surface area (Å²) in [5, 5.41) is 12.3. The van der Waals surface area contributed by atoms with Crippen molar-refractivity contribution >= 4 is 29.1 Å². The number of piperidine rings is 1. The van der Waals surface area contributed by atoms with Gasteiger partial charge >= 0.3 is 0 Å². The minimum Gasteiger partial charge on any atom is -0.494 e. The quantitative estimate of drug-likeness (QED) is 0.493. The van der Waals surface area contributed by atoms with Crippen molar-refractivity contribution in [1.29, 1.82) is 0 Å². The van der Waals surface area contributed by atoms with Gasteiger partial charge in [0.15, 0.2) is 5.82 Å². The van der Waals surface area contributed by atoms with E-state index in [2.05, 4.69) is 58.4 Å². The van der Waals surface area contributed by atoms with Crippen LogP contribution in [0.2, 0.25) is 5.02 Å². The Kier molecular flexibility index (Phi) is 7.02. The van der Waals surface area contributed by atoms with E-state index in [0.717, 1.165) is 54.2 Å². The van der Waals surface area contributed by atoms with Gasteiger partial charge in [-0.1, -0.05) is 30.7 Å². The number of aromatic nitrogens is 5. The molecule has 0 amide bonds. The van der Waals surface area contributed by atoms with E-state index in [0.29, 0.717) is 35.4 Å². The zero-order valence-electron chi connectivity index (χ0n) is 20.0. The van der Waals surface area contributed by atoms with Crippen molar-refractivity contribution in [1.82, 2.24) is 25.0 Å². The van der Waals surface area contributed by atoms with Gasteiger partial charge in [0.25, 0.3) is 0 Å². The van der Waals surface area contributed by atoms with Crippen LogP contribution in [0.15, 0.2) is 24.5 Å². The van der Waals surface area contributed by atoms with Crippen LogP contribution < -0.4 is 15.0 Å². The standard InChI is InChI=1S/C24H32ClN7O/c1-6-33-22-11-16(4)21(12-19(22)15(2)3)27-23-20(25)13-26-24(28-23)31-9-7-18(8-10-31)32-14-17(5)29-30-32/h11-15,18H,6-10H2,1-5H3,(H,26,27,28). The van der Waals surface area contributed by atoms with Gasteiger partial charge in [0.1, 0.15) is 10.8 Å². The number of anilines is 3. The van der Waals surface area contributed by atoms with E-state index in [9.17, 15) is 0 Å². The Morgan fingerprint density at radius 1 is 1.21 bits per heavy atom. The number of hydrogen-bond acceptors (Lipinski definition) is 7. The second-order valence-corrected chi connectivity index (χ2v) is 9.25. The number of halogens is 1. The van der Waals surface area contributed by atoms with Crippen LogP contribution in [0.4, 0.5) is 17.5 Å². The van der Waals surface area contributed by atoms with E-state index in [1.54, 1.807) is 6.20 Å². The number of nitrogens with one attached hydrogen (secondary N) is 1. The van der Waals surface area contributed by atoms with Gasteiger partial charge < -0.3 is 15.0 Å². The third kappa shape index (κ3) is 5.21. The van der Waals surface area contributed by atoms with E-state index in [1.807, 2.05) is 24.7 Å². The molecule has 4 rings (SSSR count). The van der Waals surface area contributed by atoms with E-state index < -0.39 is 0 Å². The molecule has 9 heteroatoms. The molecule has 1 fully saturated rings. The maximum Gasteiger partial charge on any atom is 0.227 e. The van der Waals surface area contributed by atoms with Gasteiger partial charge in [0.05, 0.1) is 24.5 Å². The third-order valence-corrected chi connectivity index (χ3v) is 6.29. The maximum atomic E-state index is 6.48. The summed E-state index contributed by atoms with van der Waals surface area (Å²) < 4.78 is 7.83. The van der Waals surface area contributed by atoms with Crippen LogP contribution in [0, 0.1) is 13.8 Å². The van der Waals surface area contributed by atoms with E-state index in [-0.39, 0.29) is 0 Å². The van der Waals surface area contributed by atoms with Gasteiger partial charge in [-0.05, 0) is 62.8 Å². The lowest BCUT2D eigenvalue weighted by Crippen LogP contribution is -2.36. The molecule has 3 heterocycles. The number of rotatable bonds is 7. The van der Waals surface area contributed by atoms with E-state index in [1.165, 1.54) is 0 Å². The second kappa shape index (κ2) is 9.95. The number of ether oxygens (including phenoxy) is 1. The number of nitrogens with zero attached hydrogens (tertiary/aromatic N) is 6. The highest BCUT2D eigenvalue weighted by Crippen LogP contribution is 2.35. The summed E-state index contributed by atoms with van der Waals surface area (Å²) in [6, 6.07) is 4.57. The number of aryl methyl sites for hydroxylation is 2. The van der Waals surface area contributed by atoms with E-state index in [4.69, 9.17) is 21.3 Å². The molecule has 8 nitrogen and oxygen atoms in total. The summed E-state index contributed by atoms with van der Waals surface area (Å²) >= 11 is 6.48. The van der Waals surface area contributed by atoms with Crippen molar-refractivity contribution in [2.75, 3.05) is 29.9 Å². The second-order valence-electron chi connectivity index (χ2n) is 8.84. The van der Waals surface area contributed by atoms with Crippen LogP contribution in [0.25, 0.3) is 0 Å². The average molecular weight is 470 g/mol. The lowest BCUT2D eigenvalue weighted by Gasteiger charge is -2.32. The Morgan fingerprint density at radius 2 is 1.97 bits per heavy atom. The molecular weight excluding hydrogens is 438 g/mol. The van der Waals surface area contributed by atoms with Crippen LogP contribution in [0.1, 0.15) is 62.4 Å². The molecule has 1 N–H and O–H groups in total. The normalized spacial score (nSPS) is 14.7. The number of hydrogen-bond donors (Lipinski definition) is 1. The summed E-state index contributed by atoms with van der Waals surface area (Å²) in [4.78, 5) is 11.5. The molecule has 0 saturated carbocycles. The molecule has 0 bridgehead atoms. The minimum atomic E-state index is 0.333. The molecule has 1 aromatic carbocycles. The van der Waals surface area contributed by atoms with Gasteiger partial charge in [0.2, 0.25) is 5.95 Å². The zero-order chi connectivity index (χ0) is 23.5. The van der Waals surface area contributed by atoms with Crippen molar-refractivity contribution in [2.45, 2.75) is 59.4 Å². The first kappa shape index (κ1) is 23.3. The van der Waals surface area contributed by atoms with E-state index >= 15 is 0 Å². The molecule has 176 valence electrons. The van der Waals surface area contributed by atoms with Crippen LogP contribution >= 0.6 is 11.6 Å². The van der Waals surface area contributed by atoms with Crippen molar-refractivity contribution in [3.05, 3.63) is 46.4 Å². The fraction of sp³-hybridized carbons (Fsp3) is 0.500. The fourth-order valence-corrected chi connectivity index (χ4v) is 4.30. The van der Waals surface area contributed by atoms with Gasteiger partial charge in [-0.2, -0.15) is 4.98 Å². The van der Waals surface area contributed by atoms with Crippen molar-refractivity contribution in [2.24, 2.45) is 0 Å². The molecule has 2 aromatic heterocycles. The first-order chi connectivity index (χ1) is 15.9. The molecule has 0 aliphatic carbocycles. The first-order valence-electron chi connectivity index (χ1n) is 11.6. The van der Waals surface area contributed by atoms with Gasteiger partial charge in [-0.25, -0.2) is 9.67 Å². The average Bonchev–Trinajstić information content (AvgIpc) is 3.23. The number of benzene rings is 1. The summed E-state index contributed by atoms with van der Waals surface area (Å²) in [6.07, 6.45) is 5.61. The van der Waals surface area contributed by atoms with Crippen LogP contribution in [0.3, 0.4) is 0 Å². The highest BCUT2D eigenvalue weighted by atomic mass is 35.5. The predicted molar refractivity (Wildman–Crippen MR) is 132 cm³/mol. The third-order valence-electron chi connectivity index (χ3n) is 6.01. The highest BCUT2D eigenvalue weighted by molar-refractivity contribution is 6.32. The van der Waals surface area contributed by atoms with Gasteiger partial charge in [0, 0.05) is 25.0 Å². The van der Waals surface area contributed by atoms with Crippen molar-refractivity contribution < 1.29 is 4.74 Å². The van der Waals surface area contributed by atoms with Crippen LogP contribution in [-0.4, -0.2) is 44.7 Å². The molecule has 1 aliphatic rings. The predicted octanol–water partition coefficient (Wildman–Crippen LogP) is 5.45. The van der Waals surface area contributed by atoms with Gasteiger partial charge in [-0.15, -0.1) is 5.10 Å². The van der Waals surface area contributed by atoms with Crippen LogP contribution in [-0.2, 0) is 0 Å². The molecule has 3 aromatic rings. The molecule has 33 heavy (non-hydrogen) atoms. The Hall–Kier alpha value is -2.87. The molecule has 0 atom stereocenters. The Morgan fingerprint density at radius 3 is 2.61 bits per heavy atom. The van der Waals surface area contributed by atoms with Crippen molar-refractivity contribution in [3.8, 4) is 5.75 Å². The Labute approximate surface area is 200 Å². The summed E-state index contributed by atoms with van der Waals surface area (Å²) in [5.74, 6) is 2.55. The molecule has 0 spiro atoms. The summed E-state index contributed by atoms with van der Waals surface area (Å²) in [7, 11) is 0. The molecule has 1 saturated heterocycles. The zero-order valence-corrected chi connectivity index (χ0v) is 20.7. The summed E-state index contributed by atoms with van der Waals surface area (Å²) in [5.41, 5.74) is 4.14. The van der Waals surface area contributed by atoms with Gasteiger partial charge in [-0.3, -0.25) is 0 Å². The molecule has 0 radical (unpaired) electrons. The highest BCUT2D eigenvalue weighted by Gasteiger charge is 2.24. The molecule has 1 aliphatic heterocycles. The maximum absolute atomic E-state index is 6.48. The lowest BCUT2D eigenvalue weighted by molar-refractivity contribution is 0.335. The monoisotopic (exact) mass is 469 g/mol. The fourth-order valence-electron chi connectivity index (χ4n) is 4.16. The van der Waals surface area contributed by atoms with Crippen molar-refractivity contribution in [3.63, 3.8) is 0 Å². The molecule has 0 unspecified atom stereocenters. The minimum absolute atomic E-state index is 0.333. The largest absolute Gasteiger partial charge is 0.494 e. The lowest BCUT2D eigenvalue weighted by atomic mass is 9.99. The van der Waals surface area contributed by atoms with Crippen LogP contribution in [0.5, 0.6) is 5.75 Å². The Balaban J connectivity index is 1.52. The SMILES string of the molecule is CCOc1cc(C)c(Nc2nc(N3CCC(n4cc(C)nn4)CC3)ncc2Cl)cc1C(C)C. The first-order valence-corrected chi connectivity index (χ1v) is 11.9. The molecular formula is C24H32ClN7O. The topological polar surface area (TPSA) is 81.0 Å². The summed E-state index contributed by atoms with van der Waals surface area (Å²) in [6.45, 7) is 12.7. The Bertz CT molecular complexity index is 1110.